The van der Waals surface area contributed by atoms with E-state index in [1.54, 1.807) is 10.9 Å². The first kappa shape index (κ1) is 11.4. The fourth-order valence-electron chi connectivity index (χ4n) is 1.85. The summed E-state index contributed by atoms with van der Waals surface area (Å²) >= 11 is 1.30. The lowest BCUT2D eigenvalue weighted by Crippen LogP contribution is -2.07. The monoisotopic (exact) mass is 267 g/mol. The van der Waals surface area contributed by atoms with Gasteiger partial charge in [-0.05, 0) is 6.08 Å². The number of nitrogens with two attached hydrogens (primary N) is 1. The number of thioether (sulfide) groups is 1. The Balaban J connectivity index is 2.04. The first-order chi connectivity index (χ1) is 8.70. The minimum Gasteiger partial charge on any atom is -0.395 e. The van der Waals surface area contributed by atoms with Crippen LogP contribution in [0.1, 0.15) is 5.37 Å². The number of nitrogen functional groups attached to an aromatic ring is 1. The van der Waals surface area contributed by atoms with E-state index in [1.807, 2.05) is 0 Å². The first-order valence-electron chi connectivity index (χ1n) is 5.27. The lowest BCUT2D eigenvalue weighted by molar-refractivity contribution is 0.295. The predicted molar refractivity (Wildman–Crippen MR) is 66.4 cm³/mol. The molecule has 0 saturated carbocycles. The summed E-state index contributed by atoms with van der Waals surface area (Å²) in [6, 6.07) is 0. The van der Waals surface area contributed by atoms with Crippen molar-refractivity contribution < 1.29 is 9.50 Å². The van der Waals surface area contributed by atoms with Crippen LogP contribution < -0.4 is 5.73 Å². The Morgan fingerprint density at radius 2 is 2.28 bits per heavy atom. The predicted octanol–water partition coefficient (Wildman–Crippen LogP) is 0.868. The topological polar surface area (TPSA) is 89.9 Å². The van der Waals surface area contributed by atoms with Gasteiger partial charge in [-0.1, -0.05) is 0 Å². The lowest BCUT2D eigenvalue weighted by atomic mass is 10.3. The molecule has 2 atom stereocenters. The van der Waals surface area contributed by atoms with Crippen molar-refractivity contribution in [2.45, 2.75) is 10.6 Å². The Morgan fingerprint density at radius 3 is 3.00 bits per heavy atom. The van der Waals surface area contributed by atoms with Gasteiger partial charge in [-0.3, -0.25) is 4.57 Å². The van der Waals surface area contributed by atoms with Gasteiger partial charge in [-0.25, -0.2) is 19.3 Å². The lowest BCUT2D eigenvalue weighted by Gasteiger charge is -2.11. The minimum atomic E-state index is -0.522. The molecule has 0 unspecified atom stereocenters. The molecule has 18 heavy (non-hydrogen) atoms. The minimum absolute atomic E-state index is 0.229. The fraction of sp³-hybridized carbons (Fsp3) is 0.300. The van der Waals surface area contributed by atoms with Gasteiger partial charge in [0.1, 0.15) is 23.0 Å². The molecular weight excluding hydrogens is 257 g/mol. The van der Waals surface area contributed by atoms with Crippen molar-refractivity contribution >= 4 is 28.7 Å². The zero-order chi connectivity index (χ0) is 12.7. The van der Waals surface area contributed by atoms with Crippen molar-refractivity contribution in [1.29, 1.82) is 0 Å². The molecule has 0 fully saturated rings. The molecule has 0 aromatic carbocycles. The van der Waals surface area contributed by atoms with E-state index in [0.29, 0.717) is 17.0 Å². The third kappa shape index (κ3) is 1.65. The first-order valence-corrected chi connectivity index (χ1v) is 6.21. The number of imidazole rings is 1. The summed E-state index contributed by atoms with van der Waals surface area (Å²) < 4.78 is 15.2. The summed E-state index contributed by atoms with van der Waals surface area (Å²) in [7, 11) is 0. The number of aliphatic hydroxyl groups excluding tert-OH is 1. The summed E-state index contributed by atoms with van der Waals surface area (Å²) in [6.07, 6.45) is 4.35. The molecule has 3 N–H and O–H groups in total. The van der Waals surface area contributed by atoms with E-state index in [0.717, 1.165) is 0 Å². The Bertz CT molecular complexity index is 628. The zero-order valence-corrected chi connectivity index (χ0v) is 10.0. The molecule has 0 saturated heterocycles. The van der Waals surface area contributed by atoms with Gasteiger partial charge in [0.15, 0.2) is 11.5 Å². The smallest absolute Gasteiger partial charge is 0.166 e. The van der Waals surface area contributed by atoms with Crippen molar-refractivity contribution in [3.8, 4) is 0 Å². The molecule has 2 aromatic rings. The van der Waals surface area contributed by atoms with Crippen LogP contribution in [0.25, 0.3) is 11.2 Å². The summed E-state index contributed by atoms with van der Waals surface area (Å²) in [6.45, 7) is -0.229. The average molecular weight is 267 g/mol. The second-order valence-electron chi connectivity index (χ2n) is 3.83. The van der Waals surface area contributed by atoms with E-state index in [4.69, 9.17) is 10.8 Å². The number of aliphatic hydroxyl groups is 1. The van der Waals surface area contributed by atoms with Crippen LogP contribution in [0.15, 0.2) is 24.6 Å². The van der Waals surface area contributed by atoms with Gasteiger partial charge < -0.3 is 10.8 Å². The SMILES string of the molecule is Nc1ncnc2c1ncn2[C@H]1C=C(F)[C@@H](CO)S1. The standard InChI is InChI=1S/C10H10FN5OS/c11-5-1-7(18-6(5)2-17)16-4-15-8-9(12)13-3-14-10(8)16/h1,3-4,6-7,17H,2H2,(H2,12,13,14)/t6-,7-/m1/s1. The Labute approximate surface area is 106 Å². The van der Waals surface area contributed by atoms with Crippen molar-refractivity contribution in [3.05, 3.63) is 24.6 Å². The molecule has 2 aromatic heterocycles. The van der Waals surface area contributed by atoms with Crippen LogP contribution in [0.3, 0.4) is 0 Å². The van der Waals surface area contributed by atoms with Gasteiger partial charge in [0, 0.05) is 0 Å². The highest BCUT2D eigenvalue weighted by atomic mass is 32.2. The highest BCUT2D eigenvalue weighted by Gasteiger charge is 2.29. The highest BCUT2D eigenvalue weighted by Crippen LogP contribution is 2.41. The van der Waals surface area contributed by atoms with Gasteiger partial charge in [-0.2, -0.15) is 0 Å². The van der Waals surface area contributed by atoms with Crippen LogP contribution in [0.4, 0.5) is 10.2 Å². The molecule has 3 rings (SSSR count). The largest absolute Gasteiger partial charge is 0.395 e. The van der Waals surface area contributed by atoms with Gasteiger partial charge >= 0.3 is 0 Å². The van der Waals surface area contributed by atoms with Crippen LogP contribution in [0, 0.1) is 0 Å². The molecule has 94 valence electrons. The molecule has 3 heterocycles. The quantitative estimate of drug-likeness (QED) is 0.839. The summed E-state index contributed by atoms with van der Waals surface area (Å²) in [5.74, 6) is -0.0266. The van der Waals surface area contributed by atoms with Crippen molar-refractivity contribution in [1.82, 2.24) is 19.5 Å². The Hall–Kier alpha value is -1.67. The summed E-state index contributed by atoms with van der Waals surface area (Å²) in [4.78, 5) is 12.1. The molecule has 6 nitrogen and oxygen atoms in total. The summed E-state index contributed by atoms with van der Waals surface area (Å²) in [5, 5.41) is 8.24. The van der Waals surface area contributed by atoms with Crippen LogP contribution >= 0.6 is 11.8 Å². The molecule has 1 aliphatic rings. The van der Waals surface area contributed by atoms with E-state index < -0.39 is 5.25 Å². The van der Waals surface area contributed by atoms with Crippen LogP contribution in [0.5, 0.6) is 0 Å². The average Bonchev–Trinajstić information content (AvgIpc) is 2.93. The number of fused-ring (bicyclic) bond motifs is 1. The molecule has 8 heteroatoms. The van der Waals surface area contributed by atoms with E-state index in [9.17, 15) is 4.39 Å². The van der Waals surface area contributed by atoms with Crippen LogP contribution in [-0.4, -0.2) is 36.5 Å². The maximum Gasteiger partial charge on any atom is 0.166 e. The summed E-state index contributed by atoms with van der Waals surface area (Å²) in [5.41, 5.74) is 6.74. The van der Waals surface area contributed by atoms with Crippen LogP contribution in [-0.2, 0) is 0 Å². The van der Waals surface area contributed by atoms with Crippen molar-refractivity contribution in [3.63, 3.8) is 0 Å². The van der Waals surface area contributed by atoms with E-state index in [2.05, 4.69) is 15.0 Å². The molecule has 0 aliphatic carbocycles. The Kier molecular flexibility index (Phi) is 2.67. The molecule has 0 amide bonds. The van der Waals surface area contributed by atoms with Gasteiger partial charge in [0.2, 0.25) is 0 Å². The second kappa shape index (κ2) is 4.21. The maximum atomic E-state index is 13.5. The van der Waals surface area contributed by atoms with Gasteiger partial charge in [-0.15, -0.1) is 11.8 Å². The molecule has 1 aliphatic heterocycles. The van der Waals surface area contributed by atoms with Crippen molar-refractivity contribution in [2.75, 3.05) is 12.3 Å². The molecule has 0 radical (unpaired) electrons. The number of nitrogens with zero attached hydrogens (tertiary/aromatic N) is 4. The Morgan fingerprint density at radius 1 is 1.44 bits per heavy atom. The maximum absolute atomic E-state index is 13.5. The number of rotatable bonds is 2. The van der Waals surface area contributed by atoms with Crippen LogP contribution in [0.2, 0.25) is 0 Å². The molecule has 0 spiro atoms. The number of hydrogen-bond donors (Lipinski definition) is 2. The number of aromatic nitrogens is 4. The highest BCUT2D eigenvalue weighted by molar-refractivity contribution is 8.00. The second-order valence-corrected chi connectivity index (χ2v) is 5.16. The third-order valence-corrected chi connectivity index (χ3v) is 4.08. The number of hydrogen-bond acceptors (Lipinski definition) is 6. The van der Waals surface area contributed by atoms with E-state index in [-0.39, 0.29) is 17.8 Å². The molecular formula is C10H10FN5OS. The zero-order valence-electron chi connectivity index (χ0n) is 9.19. The van der Waals surface area contributed by atoms with E-state index in [1.165, 1.54) is 24.2 Å². The number of halogens is 1. The van der Waals surface area contributed by atoms with E-state index >= 15 is 0 Å². The third-order valence-electron chi connectivity index (χ3n) is 2.74. The number of anilines is 1. The fourth-order valence-corrected chi connectivity index (χ4v) is 2.97. The van der Waals surface area contributed by atoms with Gasteiger partial charge in [0.05, 0.1) is 18.2 Å². The normalized spacial score (nSPS) is 23.6. The van der Waals surface area contributed by atoms with Crippen molar-refractivity contribution in [2.24, 2.45) is 0 Å². The van der Waals surface area contributed by atoms with Gasteiger partial charge in [0.25, 0.3) is 0 Å². The molecule has 0 bridgehead atoms.